The van der Waals surface area contributed by atoms with E-state index in [4.69, 9.17) is 0 Å². The Morgan fingerprint density at radius 3 is 2.26 bits per heavy atom. The molecule has 1 N–H and O–H groups in total. The maximum Gasteiger partial charge on any atom is 0.153 e. The van der Waals surface area contributed by atoms with Gasteiger partial charge in [-0.3, -0.25) is 4.90 Å². The second-order valence-electron chi connectivity index (χ2n) is 6.69. The van der Waals surface area contributed by atoms with E-state index in [1.807, 2.05) is 30.3 Å². The average molecular weight is 313 g/mol. The normalized spacial score (nSPS) is 17.7. The molecule has 2 heteroatoms. The Bertz CT molecular complexity index is 504. The van der Waals surface area contributed by atoms with Gasteiger partial charge in [0.25, 0.3) is 0 Å². The van der Waals surface area contributed by atoms with Crippen LogP contribution in [0.15, 0.2) is 30.3 Å². The van der Waals surface area contributed by atoms with Crippen molar-refractivity contribution in [2.24, 2.45) is 5.92 Å². The molecule has 1 unspecified atom stereocenters. The monoisotopic (exact) mass is 313 g/mol. The number of benzene rings is 1. The highest BCUT2D eigenvalue weighted by Crippen LogP contribution is 2.40. The van der Waals surface area contributed by atoms with Gasteiger partial charge in [-0.25, -0.2) is 0 Å². The van der Waals surface area contributed by atoms with E-state index in [0.29, 0.717) is 0 Å². The Kier molecular flexibility index (Phi) is 7.15. The fourth-order valence-electron chi connectivity index (χ4n) is 3.63. The van der Waals surface area contributed by atoms with Gasteiger partial charge >= 0.3 is 0 Å². The fourth-order valence-corrected chi connectivity index (χ4v) is 3.63. The van der Waals surface area contributed by atoms with E-state index in [0.717, 1.165) is 50.9 Å². The summed E-state index contributed by atoms with van der Waals surface area (Å²) in [5.74, 6) is 6.83. The maximum atomic E-state index is 11.4. The topological polar surface area (TPSA) is 23.5 Å². The van der Waals surface area contributed by atoms with Crippen molar-refractivity contribution >= 4 is 0 Å². The molecule has 1 aliphatic rings. The zero-order valence-electron chi connectivity index (χ0n) is 14.7. The van der Waals surface area contributed by atoms with E-state index in [1.165, 1.54) is 12.8 Å². The van der Waals surface area contributed by atoms with Crippen LogP contribution in [-0.2, 0) is 5.60 Å². The van der Waals surface area contributed by atoms with Crippen LogP contribution in [0.25, 0.3) is 0 Å². The molecule has 0 aliphatic heterocycles. The van der Waals surface area contributed by atoms with Crippen LogP contribution < -0.4 is 0 Å². The summed E-state index contributed by atoms with van der Waals surface area (Å²) in [5.41, 5.74) is -0.0288. The van der Waals surface area contributed by atoms with Gasteiger partial charge in [0.05, 0.1) is 6.54 Å². The predicted molar refractivity (Wildman–Crippen MR) is 97.1 cm³/mol. The van der Waals surface area contributed by atoms with Crippen molar-refractivity contribution in [3.63, 3.8) is 0 Å². The van der Waals surface area contributed by atoms with Crippen molar-refractivity contribution in [1.29, 1.82) is 0 Å². The van der Waals surface area contributed by atoms with Gasteiger partial charge < -0.3 is 5.11 Å². The van der Waals surface area contributed by atoms with Gasteiger partial charge in [0.15, 0.2) is 5.60 Å². The van der Waals surface area contributed by atoms with Crippen LogP contribution in [0.4, 0.5) is 0 Å². The highest BCUT2D eigenvalue weighted by Gasteiger charge is 2.38. The van der Waals surface area contributed by atoms with Gasteiger partial charge in [0.1, 0.15) is 0 Å². The number of aliphatic hydroxyl groups is 1. The summed E-state index contributed by atoms with van der Waals surface area (Å²) in [7, 11) is 0. The number of rotatable bonds is 7. The third-order valence-corrected chi connectivity index (χ3v) is 4.82. The number of nitrogens with zero attached hydrogens (tertiary/aromatic N) is 1. The van der Waals surface area contributed by atoms with Crippen LogP contribution in [0.1, 0.15) is 57.9 Å². The summed E-state index contributed by atoms with van der Waals surface area (Å²) in [6.45, 7) is 7.32. The number of hydrogen-bond donors (Lipinski definition) is 1. The first kappa shape index (κ1) is 18.0. The predicted octanol–water partition coefficient (Wildman–Crippen LogP) is 4.19. The zero-order chi connectivity index (χ0) is 16.5. The summed E-state index contributed by atoms with van der Waals surface area (Å²) >= 11 is 0. The minimum absolute atomic E-state index is 0.267. The standard InChI is InChI=1S/C21H31NO/c1-3-16-22(17-4-2)18-10-15-21(23,20-13-8-9-14-20)19-11-6-5-7-12-19/h5-7,11-12,20,23H,3-4,8-9,13-14,16-18H2,1-2H3. The molecule has 0 aromatic heterocycles. The van der Waals surface area contributed by atoms with Crippen LogP contribution in [0.2, 0.25) is 0 Å². The lowest BCUT2D eigenvalue weighted by molar-refractivity contribution is 0.0367. The third kappa shape index (κ3) is 4.83. The van der Waals surface area contributed by atoms with Crippen molar-refractivity contribution in [3.8, 4) is 11.8 Å². The molecule has 1 aromatic rings. The van der Waals surface area contributed by atoms with Gasteiger partial charge in [0.2, 0.25) is 0 Å². The van der Waals surface area contributed by atoms with Crippen molar-refractivity contribution in [2.45, 2.75) is 58.0 Å². The molecule has 0 bridgehead atoms. The molecule has 1 fully saturated rings. The van der Waals surface area contributed by atoms with Crippen molar-refractivity contribution in [1.82, 2.24) is 4.90 Å². The van der Waals surface area contributed by atoms with Crippen LogP contribution in [0, 0.1) is 17.8 Å². The van der Waals surface area contributed by atoms with Gasteiger partial charge in [0, 0.05) is 5.92 Å². The molecule has 126 valence electrons. The minimum atomic E-state index is -0.984. The molecular weight excluding hydrogens is 282 g/mol. The average Bonchev–Trinajstić information content (AvgIpc) is 3.11. The lowest BCUT2D eigenvalue weighted by Gasteiger charge is -2.29. The Labute approximate surface area is 141 Å². The smallest absolute Gasteiger partial charge is 0.153 e. The summed E-state index contributed by atoms with van der Waals surface area (Å²) < 4.78 is 0. The van der Waals surface area contributed by atoms with Gasteiger partial charge in [-0.15, -0.1) is 0 Å². The summed E-state index contributed by atoms with van der Waals surface area (Å²) in [6, 6.07) is 10.0. The molecule has 0 spiro atoms. The summed E-state index contributed by atoms with van der Waals surface area (Å²) in [6.07, 6.45) is 6.86. The second kappa shape index (κ2) is 9.11. The van der Waals surface area contributed by atoms with E-state index in [-0.39, 0.29) is 5.92 Å². The Balaban J connectivity index is 2.17. The molecule has 1 atom stereocenters. The minimum Gasteiger partial charge on any atom is -0.373 e. The molecule has 1 aliphatic carbocycles. The molecule has 2 nitrogen and oxygen atoms in total. The van der Waals surface area contributed by atoms with Gasteiger partial charge in [-0.1, -0.05) is 68.9 Å². The molecule has 0 radical (unpaired) electrons. The third-order valence-electron chi connectivity index (χ3n) is 4.82. The van der Waals surface area contributed by atoms with E-state index in [1.54, 1.807) is 0 Å². The van der Waals surface area contributed by atoms with E-state index < -0.39 is 5.60 Å². The maximum absolute atomic E-state index is 11.4. The van der Waals surface area contributed by atoms with Crippen molar-refractivity contribution < 1.29 is 5.11 Å². The zero-order valence-corrected chi connectivity index (χ0v) is 14.7. The summed E-state index contributed by atoms with van der Waals surface area (Å²) in [4.78, 5) is 2.38. The molecular formula is C21H31NO. The van der Waals surface area contributed by atoms with E-state index >= 15 is 0 Å². The van der Waals surface area contributed by atoms with Crippen LogP contribution in [0.5, 0.6) is 0 Å². The van der Waals surface area contributed by atoms with Crippen molar-refractivity contribution in [2.75, 3.05) is 19.6 Å². The molecule has 2 rings (SSSR count). The van der Waals surface area contributed by atoms with E-state index in [2.05, 4.69) is 30.6 Å². The molecule has 0 saturated heterocycles. The molecule has 1 saturated carbocycles. The lowest BCUT2D eigenvalue weighted by Crippen LogP contribution is -2.33. The largest absolute Gasteiger partial charge is 0.373 e. The summed E-state index contributed by atoms with van der Waals surface area (Å²) in [5, 5.41) is 11.4. The van der Waals surface area contributed by atoms with Crippen LogP contribution in [0.3, 0.4) is 0 Å². The molecule has 0 heterocycles. The first-order valence-corrected chi connectivity index (χ1v) is 9.21. The Morgan fingerprint density at radius 2 is 1.70 bits per heavy atom. The van der Waals surface area contributed by atoms with Crippen LogP contribution in [-0.4, -0.2) is 29.6 Å². The molecule has 0 amide bonds. The number of hydrogen-bond acceptors (Lipinski definition) is 2. The SMILES string of the molecule is CCCN(CC#CC(O)(c1ccccc1)C1CCCC1)CCC. The van der Waals surface area contributed by atoms with Crippen LogP contribution >= 0.6 is 0 Å². The first-order valence-electron chi connectivity index (χ1n) is 9.21. The van der Waals surface area contributed by atoms with Gasteiger partial charge in [-0.2, -0.15) is 0 Å². The van der Waals surface area contributed by atoms with E-state index in [9.17, 15) is 5.11 Å². The van der Waals surface area contributed by atoms with Gasteiger partial charge in [-0.05, 0) is 44.3 Å². The first-order chi connectivity index (χ1) is 11.2. The van der Waals surface area contributed by atoms with Crippen molar-refractivity contribution in [3.05, 3.63) is 35.9 Å². The molecule has 23 heavy (non-hydrogen) atoms. The highest BCUT2D eigenvalue weighted by molar-refractivity contribution is 5.33. The highest BCUT2D eigenvalue weighted by atomic mass is 16.3. The quantitative estimate of drug-likeness (QED) is 0.763. The Hall–Kier alpha value is -1.30. The molecule has 1 aromatic carbocycles. The lowest BCUT2D eigenvalue weighted by atomic mass is 9.80. The second-order valence-corrected chi connectivity index (χ2v) is 6.69. The fraction of sp³-hybridized carbons (Fsp3) is 0.619. The Morgan fingerprint density at radius 1 is 1.09 bits per heavy atom.